The first-order valence-electron chi connectivity index (χ1n) is 3.25. The van der Waals surface area contributed by atoms with Crippen molar-refractivity contribution in [2.24, 2.45) is 0 Å². The Hall–Kier alpha value is 0.360. The lowest BCUT2D eigenvalue weighted by molar-refractivity contribution is 1.83. The molecule has 12 heavy (non-hydrogen) atoms. The summed E-state index contributed by atoms with van der Waals surface area (Å²) in [5.41, 5.74) is 0. The molecular weight excluding hydrogens is 320 g/mol. The van der Waals surface area contributed by atoms with Crippen LogP contribution in [0.3, 0.4) is 0 Å². The molecule has 0 spiro atoms. The summed E-state index contributed by atoms with van der Waals surface area (Å²) in [7, 11) is 0. The summed E-state index contributed by atoms with van der Waals surface area (Å²) in [5, 5.41) is 4.19. The zero-order chi connectivity index (χ0) is 8.55. The lowest BCUT2D eigenvalue weighted by Gasteiger charge is -1.90. The van der Waals surface area contributed by atoms with Crippen molar-refractivity contribution in [3.8, 4) is 9.75 Å². The van der Waals surface area contributed by atoms with Crippen LogP contribution in [0.2, 0.25) is 0 Å². The molecule has 0 N–H and O–H groups in total. The van der Waals surface area contributed by atoms with E-state index in [1.807, 2.05) is 0 Å². The highest BCUT2D eigenvalue weighted by Crippen LogP contribution is 2.38. The number of halogens is 2. The molecule has 0 aliphatic heterocycles. The van der Waals surface area contributed by atoms with E-state index in [0.717, 1.165) is 4.47 Å². The van der Waals surface area contributed by atoms with E-state index in [2.05, 4.69) is 54.8 Å². The van der Waals surface area contributed by atoms with Gasteiger partial charge in [-0.2, -0.15) is 0 Å². The molecule has 0 aliphatic rings. The molecule has 0 radical (unpaired) electrons. The van der Waals surface area contributed by atoms with Crippen LogP contribution >= 0.6 is 54.5 Å². The third-order valence-electron chi connectivity index (χ3n) is 1.41. The minimum Gasteiger partial charge on any atom is -0.142 e. The van der Waals surface area contributed by atoms with Crippen LogP contribution in [0.25, 0.3) is 9.75 Å². The number of hydrogen-bond donors (Lipinski definition) is 0. The van der Waals surface area contributed by atoms with E-state index in [9.17, 15) is 0 Å². The van der Waals surface area contributed by atoms with E-state index >= 15 is 0 Å². The van der Waals surface area contributed by atoms with Crippen LogP contribution < -0.4 is 0 Å². The Balaban J connectivity index is 2.50. The van der Waals surface area contributed by atoms with E-state index in [-0.39, 0.29) is 0 Å². The molecule has 0 aliphatic carbocycles. The number of hydrogen-bond acceptors (Lipinski definition) is 2. The topological polar surface area (TPSA) is 0 Å². The van der Waals surface area contributed by atoms with Crippen LogP contribution in [-0.4, -0.2) is 0 Å². The molecule has 0 nitrogen and oxygen atoms in total. The molecule has 0 aromatic carbocycles. The van der Waals surface area contributed by atoms with Gasteiger partial charge in [0.25, 0.3) is 0 Å². The zero-order valence-electron chi connectivity index (χ0n) is 5.88. The van der Waals surface area contributed by atoms with Gasteiger partial charge in [0.2, 0.25) is 0 Å². The maximum Gasteiger partial charge on any atom is 0.0584 e. The molecule has 0 saturated heterocycles. The predicted molar refractivity (Wildman–Crippen MR) is 63.0 cm³/mol. The standard InChI is InChI=1S/C8H4Br2S2/c9-5-3-7(12-4-5)8-6(10)1-2-11-8/h1-4H. The summed E-state index contributed by atoms with van der Waals surface area (Å²) >= 11 is 10.5. The van der Waals surface area contributed by atoms with Gasteiger partial charge in [-0.3, -0.25) is 0 Å². The van der Waals surface area contributed by atoms with E-state index in [4.69, 9.17) is 0 Å². The highest BCUT2D eigenvalue weighted by molar-refractivity contribution is 9.11. The van der Waals surface area contributed by atoms with Crippen molar-refractivity contribution in [2.45, 2.75) is 0 Å². The van der Waals surface area contributed by atoms with Crippen LogP contribution in [0.4, 0.5) is 0 Å². The average molecular weight is 324 g/mol. The first kappa shape index (κ1) is 8.94. The number of thiophene rings is 2. The molecule has 2 heterocycles. The third-order valence-corrected chi connectivity index (χ3v) is 5.12. The highest BCUT2D eigenvalue weighted by Gasteiger charge is 2.06. The lowest BCUT2D eigenvalue weighted by atomic mass is 10.4. The van der Waals surface area contributed by atoms with Gasteiger partial charge in [0.05, 0.1) is 4.88 Å². The van der Waals surface area contributed by atoms with E-state index in [0.29, 0.717) is 0 Å². The van der Waals surface area contributed by atoms with Crippen LogP contribution in [0, 0.1) is 0 Å². The molecule has 4 heteroatoms. The smallest absolute Gasteiger partial charge is 0.0584 e. The fourth-order valence-electron chi connectivity index (χ4n) is 0.902. The van der Waals surface area contributed by atoms with Gasteiger partial charge in [-0.25, -0.2) is 0 Å². The molecule has 2 aromatic heterocycles. The van der Waals surface area contributed by atoms with Gasteiger partial charge in [0.1, 0.15) is 0 Å². The molecular formula is C8H4Br2S2. The van der Waals surface area contributed by atoms with Crippen molar-refractivity contribution >= 4 is 54.5 Å². The Labute approximate surface area is 95.5 Å². The minimum absolute atomic E-state index is 1.16. The summed E-state index contributed by atoms with van der Waals surface area (Å²) < 4.78 is 2.34. The Morgan fingerprint density at radius 3 is 2.50 bits per heavy atom. The van der Waals surface area contributed by atoms with Crippen molar-refractivity contribution < 1.29 is 0 Å². The molecule has 0 unspecified atom stereocenters. The normalized spacial score (nSPS) is 10.5. The van der Waals surface area contributed by atoms with E-state index in [1.165, 1.54) is 14.2 Å². The molecule has 0 bridgehead atoms. The fraction of sp³-hybridized carbons (Fsp3) is 0. The summed E-state index contributed by atoms with van der Waals surface area (Å²) in [6, 6.07) is 4.22. The Kier molecular flexibility index (Phi) is 2.69. The van der Waals surface area contributed by atoms with Crippen LogP contribution in [0.1, 0.15) is 0 Å². The quantitative estimate of drug-likeness (QED) is 0.692. The molecule has 0 saturated carbocycles. The molecule has 0 fully saturated rings. The van der Waals surface area contributed by atoms with Crippen LogP contribution in [0.15, 0.2) is 31.8 Å². The van der Waals surface area contributed by atoms with Crippen molar-refractivity contribution in [3.63, 3.8) is 0 Å². The van der Waals surface area contributed by atoms with Crippen molar-refractivity contribution in [1.82, 2.24) is 0 Å². The molecule has 0 amide bonds. The first-order valence-corrected chi connectivity index (χ1v) is 6.59. The first-order chi connectivity index (χ1) is 5.77. The molecule has 2 rings (SSSR count). The Bertz CT molecular complexity index is 389. The summed E-state index contributed by atoms with van der Waals surface area (Å²) in [4.78, 5) is 2.62. The lowest BCUT2D eigenvalue weighted by Crippen LogP contribution is -1.61. The largest absolute Gasteiger partial charge is 0.142 e. The van der Waals surface area contributed by atoms with Gasteiger partial charge < -0.3 is 0 Å². The predicted octanol–water partition coefficient (Wildman–Crippen LogP) is 5.00. The van der Waals surface area contributed by atoms with Gasteiger partial charge in [-0.05, 0) is 49.4 Å². The van der Waals surface area contributed by atoms with Gasteiger partial charge in [-0.15, -0.1) is 22.7 Å². The molecule has 62 valence electrons. The third kappa shape index (κ3) is 1.66. The van der Waals surface area contributed by atoms with E-state index in [1.54, 1.807) is 22.7 Å². The minimum atomic E-state index is 1.16. The summed E-state index contributed by atoms with van der Waals surface area (Å²) in [6.07, 6.45) is 0. The maximum absolute atomic E-state index is 3.51. The van der Waals surface area contributed by atoms with Crippen molar-refractivity contribution in [2.75, 3.05) is 0 Å². The second-order valence-electron chi connectivity index (χ2n) is 2.23. The highest BCUT2D eigenvalue weighted by atomic mass is 79.9. The zero-order valence-corrected chi connectivity index (χ0v) is 10.7. The fourth-order valence-corrected chi connectivity index (χ4v) is 4.20. The molecule has 0 atom stereocenters. The van der Waals surface area contributed by atoms with Gasteiger partial charge in [0, 0.05) is 19.2 Å². The monoisotopic (exact) mass is 322 g/mol. The summed E-state index contributed by atoms with van der Waals surface area (Å²) in [5.74, 6) is 0. The SMILES string of the molecule is Brc1csc(-c2sccc2Br)c1. The van der Waals surface area contributed by atoms with Crippen LogP contribution in [0.5, 0.6) is 0 Å². The second kappa shape index (κ2) is 3.62. The van der Waals surface area contributed by atoms with E-state index < -0.39 is 0 Å². The van der Waals surface area contributed by atoms with Gasteiger partial charge in [-0.1, -0.05) is 0 Å². The van der Waals surface area contributed by atoms with Crippen molar-refractivity contribution in [1.29, 1.82) is 0 Å². The van der Waals surface area contributed by atoms with Crippen molar-refractivity contribution in [3.05, 3.63) is 31.8 Å². The number of rotatable bonds is 1. The maximum atomic E-state index is 3.51. The van der Waals surface area contributed by atoms with Gasteiger partial charge >= 0.3 is 0 Å². The average Bonchev–Trinajstić information content (AvgIpc) is 2.58. The summed E-state index contributed by atoms with van der Waals surface area (Å²) in [6.45, 7) is 0. The Morgan fingerprint density at radius 2 is 2.00 bits per heavy atom. The second-order valence-corrected chi connectivity index (χ2v) is 5.82. The molecule has 2 aromatic rings. The van der Waals surface area contributed by atoms with Gasteiger partial charge in [0.15, 0.2) is 0 Å². The Morgan fingerprint density at radius 1 is 1.17 bits per heavy atom. The van der Waals surface area contributed by atoms with Crippen LogP contribution in [-0.2, 0) is 0 Å².